The average Bonchev–Trinajstić information content (AvgIpc) is 2.93. The quantitative estimate of drug-likeness (QED) is 0.548. The van der Waals surface area contributed by atoms with Crippen LogP contribution in [0.2, 0.25) is 0 Å². The van der Waals surface area contributed by atoms with Gasteiger partial charge in [-0.25, -0.2) is 9.98 Å². The van der Waals surface area contributed by atoms with Crippen LogP contribution in [0.15, 0.2) is 63.5 Å². The van der Waals surface area contributed by atoms with Crippen LogP contribution in [0.25, 0.3) is 0 Å². The second-order valence-corrected chi connectivity index (χ2v) is 8.89. The van der Waals surface area contributed by atoms with Gasteiger partial charge in [-0.3, -0.25) is 0 Å². The van der Waals surface area contributed by atoms with Gasteiger partial charge in [0.25, 0.3) is 0 Å². The molecule has 0 aromatic heterocycles. The summed E-state index contributed by atoms with van der Waals surface area (Å²) >= 11 is 0. The number of hydrogen-bond acceptors (Lipinski definition) is 7. The number of hydrogen-bond donors (Lipinski definition) is 0. The average molecular weight is 495 g/mol. The van der Waals surface area contributed by atoms with Crippen LogP contribution in [0.4, 0.5) is 0 Å². The van der Waals surface area contributed by atoms with Crippen LogP contribution < -0.4 is 4.74 Å². The molecule has 3 aliphatic heterocycles. The Hall–Kier alpha value is -2.94. The molecule has 3 heterocycles. The van der Waals surface area contributed by atoms with E-state index in [4.69, 9.17) is 28.9 Å². The van der Waals surface area contributed by atoms with E-state index in [-0.39, 0.29) is 0 Å². The number of ether oxygens (including phenoxy) is 4. The van der Waals surface area contributed by atoms with Crippen molar-refractivity contribution >= 4 is 11.5 Å². The molecule has 0 unspecified atom stereocenters. The van der Waals surface area contributed by atoms with Crippen molar-refractivity contribution in [3.63, 3.8) is 0 Å². The van der Waals surface area contributed by atoms with E-state index in [0.29, 0.717) is 19.8 Å². The van der Waals surface area contributed by atoms with Gasteiger partial charge in [-0.05, 0) is 49.8 Å². The number of rotatable bonds is 8. The van der Waals surface area contributed by atoms with Crippen molar-refractivity contribution in [3.8, 4) is 5.75 Å². The fourth-order valence-electron chi connectivity index (χ4n) is 4.58. The lowest BCUT2D eigenvalue weighted by Gasteiger charge is -2.32. The van der Waals surface area contributed by atoms with Crippen molar-refractivity contribution in [2.45, 2.75) is 26.9 Å². The smallest absolute Gasteiger partial charge is 0.163 e. The number of methoxy groups -OCH3 is 2. The molecule has 0 N–H and O–H groups in total. The van der Waals surface area contributed by atoms with Crippen LogP contribution in [0.1, 0.15) is 31.4 Å². The first-order valence-corrected chi connectivity index (χ1v) is 12.7. The SMILES string of the molecule is CC/C=C(/N=C1/N=C(c2ccc(OC)c(COC)c2)C=C/C1=C(/C)N1CCOCC1)N1CCOCC1. The van der Waals surface area contributed by atoms with Crippen LogP contribution in [-0.4, -0.2) is 88.2 Å². The molecule has 4 rings (SSSR count). The normalized spacial score (nSPS) is 21.6. The minimum Gasteiger partial charge on any atom is -0.496 e. The van der Waals surface area contributed by atoms with Gasteiger partial charge in [-0.2, -0.15) is 0 Å². The zero-order valence-electron chi connectivity index (χ0n) is 22.0. The third-order valence-corrected chi connectivity index (χ3v) is 6.57. The summed E-state index contributed by atoms with van der Waals surface area (Å²) in [6, 6.07) is 6.09. The maximum absolute atomic E-state index is 5.58. The maximum Gasteiger partial charge on any atom is 0.163 e. The summed E-state index contributed by atoms with van der Waals surface area (Å²) in [5, 5.41) is 0. The van der Waals surface area contributed by atoms with E-state index in [9.17, 15) is 0 Å². The van der Waals surface area contributed by atoms with Crippen molar-refractivity contribution in [1.29, 1.82) is 0 Å². The highest BCUT2D eigenvalue weighted by atomic mass is 16.5. The Balaban J connectivity index is 1.76. The van der Waals surface area contributed by atoms with Gasteiger partial charge in [0.05, 0.1) is 45.9 Å². The third-order valence-electron chi connectivity index (χ3n) is 6.57. The lowest BCUT2D eigenvalue weighted by molar-refractivity contribution is 0.0529. The molecule has 3 aliphatic rings. The Bertz CT molecular complexity index is 1060. The Labute approximate surface area is 214 Å². The summed E-state index contributed by atoms with van der Waals surface area (Å²) in [5.74, 6) is 2.49. The number of aliphatic imine (C=N–C) groups is 2. The van der Waals surface area contributed by atoms with Crippen molar-refractivity contribution in [3.05, 3.63) is 64.6 Å². The second kappa shape index (κ2) is 12.9. The summed E-state index contributed by atoms with van der Waals surface area (Å²) < 4.78 is 22.1. The Morgan fingerprint density at radius 2 is 1.72 bits per heavy atom. The summed E-state index contributed by atoms with van der Waals surface area (Å²) in [4.78, 5) is 14.9. The van der Waals surface area contributed by atoms with Gasteiger partial charge < -0.3 is 28.7 Å². The molecular formula is C28H38N4O4. The lowest BCUT2D eigenvalue weighted by Crippen LogP contribution is -2.36. The standard InChI is InChI=1S/C28H38N4O4/c1-5-6-27(32-13-17-36-18-14-32)30-28-24(21(2)31-11-15-35-16-12-31)8-9-25(29-28)22-7-10-26(34-4)23(19-22)20-33-3/h6-10,19H,5,11-18,20H2,1-4H3/b24-21+,27-6-,30-28+. The number of dihydropyridines is 1. The number of morpholine rings is 2. The van der Waals surface area contributed by atoms with Crippen molar-refractivity contribution in [2.24, 2.45) is 9.98 Å². The highest BCUT2D eigenvalue weighted by molar-refractivity contribution is 6.21. The Morgan fingerprint density at radius 3 is 2.36 bits per heavy atom. The predicted octanol–water partition coefficient (Wildman–Crippen LogP) is 3.79. The van der Waals surface area contributed by atoms with E-state index < -0.39 is 0 Å². The van der Waals surface area contributed by atoms with Crippen LogP contribution in [0.3, 0.4) is 0 Å². The Morgan fingerprint density at radius 1 is 1.03 bits per heavy atom. The second-order valence-electron chi connectivity index (χ2n) is 8.89. The third kappa shape index (κ3) is 6.24. The minimum absolute atomic E-state index is 0.469. The molecule has 2 fully saturated rings. The van der Waals surface area contributed by atoms with Gasteiger partial charge in [0, 0.05) is 55.7 Å². The van der Waals surface area contributed by atoms with Gasteiger partial charge in [0.15, 0.2) is 5.84 Å². The van der Waals surface area contributed by atoms with E-state index in [1.165, 1.54) is 5.70 Å². The van der Waals surface area contributed by atoms with Gasteiger partial charge >= 0.3 is 0 Å². The molecule has 0 aliphatic carbocycles. The molecule has 0 radical (unpaired) electrons. The fraction of sp³-hybridized carbons (Fsp3) is 0.500. The topological polar surface area (TPSA) is 68.1 Å². The van der Waals surface area contributed by atoms with E-state index >= 15 is 0 Å². The number of amidine groups is 1. The first kappa shape index (κ1) is 26.1. The lowest BCUT2D eigenvalue weighted by atomic mass is 10.0. The summed E-state index contributed by atoms with van der Waals surface area (Å²) in [6.07, 6.45) is 7.30. The minimum atomic E-state index is 0.469. The molecule has 0 amide bonds. The monoisotopic (exact) mass is 494 g/mol. The Kier molecular flexibility index (Phi) is 9.33. The first-order valence-electron chi connectivity index (χ1n) is 12.7. The van der Waals surface area contributed by atoms with E-state index in [0.717, 1.165) is 85.6 Å². The molecule has 2 saturated heterocycles. The maximum atomic E-state index is 5.58. The number of allylic oxidation sites excluding steroid dienone is 3. The molecule has 1 aromatic rings. The molecule has 0 spiro atoms. The zero-order valence-corrected chi connectivity index (χ0v) is 22.0. The fourth-order valence-corrected chi connectivity index (χ4v) is 4.58. The van der Waals surface area contributed by atoms with E-state index in [2.05, 4.69) is 47.9 Å². The van der Waals surface area contributed by atoms with Crippen LogP contribution >= 0.6 is 0 Å². The summed E-state index contributed by atoms with van der Waals surface area (Å²) in [7, 11) is 3.36. The molecule has 0 bridgehead atoms. The highest BCUT2D eigenvalue weighted by Gasteiger charge is 2.22. The summed E-state index contributed by atoms with van der Waals surface area (Å²) in [5.41, 5.74) is 5.07. The molecular weight excluding hydrogens is 456 g/mol. The molecule has 8 heteroatoms. The summed E-state index contributed by atoms with van der Waals surface area (Å²) in [6.45, 7) is 11.1. The number of nitrogens with zero attached hydrogens (tertiary/aromatic N) is 4. The van der Waals surface area contributed by atoms with Crippen LogP contribution in [-0.2, 0) is 20.8 Å². The van der Waals surface area contributed by atoms with E-state index in [1.807, 2.05) is 12.1 Å². The van der Waals surface area contributed by atoms with Gasteiger partial charge in [0.1, 0.15) is 11.6 Å². The van der Waals surface area contributed by atoms with Crippen molar-refractivity contribution in [2.75, 3.05) is 66.8 Å². The molecule has 0 atom stereocenters. The highest BCUT2D eigenvalue weighted by Crippen LogP contribution is 2.25. The number of benzene rings is 1. The van der Waals surface area contributed by atoms with Crippen LogP contribution in [0, 0.1) is 0 Å². The molecule has 36 heavy (non-hydrogen) atoms. The molecule has 194 valence electrons. The van der Waals surface area contributed by atoms with E-state index in [1.54, 1.807) is 14.2 Å². The molecule has 1 aromatic carbocycles. The van der Waals surface area contributed by atoms with Crippen molar-refractivity contribution in [1.82, 2.24) is 9.80 Å². The van der Waals surface area contributed by atoms with Gasteiger partial charge in [-0.1, -0.05) is 6.92 Å². The molecule has 0 saturated carbocycles. The van der Waals surface area contributed by atoms with Gasteiger partial charge in [-0.15, -0.1) is 0 Å². The largest absolute Gasteiger partial charge is 0.496 e. The molecule has 8 nitrogen and oxygen atoms in total. The zero-order chi connectivity index (χ0) is 25.3. The predicted molar refractivity (Wildman–Crippen MR) is 143 cm³/mol. The van der Waals surface area contributed by atoms with Crippen molar-refractivity contribution < 1.29 is 18.9 Å². The van der Waals surface area contributed by atoms with Crippen LogP contribution in [0.5, 0.6) is 5.75 Å². The first-order chi connectivity index (χ1) is 17.6. The van der Waals surface area contributed by atoms with Gasteiger partial charge in [0.2, 0.25) is 0 Å².